The van der Waals surface area contributed by atoms with Gasteiger partial charge in [0.05, 0.1) is 12.6 Å². The summed E-state index contributed by atoms with van der Waals surface area (Å²) in [5.41, 5.74) is -4.45. The van der Waals surface area contributed by atoms with E-state index in [2.05, 4.69) is 5.16 Å². The molecule has 10 heteroatoms. The van der Waals surface area contributed by atoms with Crippen molar-refractivity contribution in [3.8, 4) is 11.3 Å². The third-order valence-electron chi connectivity index (χ3n) is 11.6. The number of fused-ring (bicyclic) bond motifs is 7. The molecule has 1 aromatic heterocycles. The van der Waals surface area contributed by atoms with Crippen molar-refractivity contribution >= 4 is 11.6 Å². The Labute approximate surface area is 242 Å². The average Bonchev–Trinajstić information content (AvgIpc) is 3.65. The zero-order valence-corrected chi connectivity index (χ0v) is 23.8. The van der Waals surface area contributed by atoms with Crippen LogP contribution in [0, 0.1) is 28.6 Å². The first kappa shape index (κ1) is 28.0. The van der Waals surface area contributed by atoms with Crippen LogP contribution in [0.4, 0.5) is 8.78 Å². The number of aliphatic hydroxyl groups excluding tert-OH is 2. The quantitative estimate of drug-likeness (QED) is 0.541. The molecule has 5 aliphatic rings. The van der Waals surface area contributed by atoms with Gasteiger partial charge in [0.25, 0.3) is 0 Å². The van der Waals surface area contributed by atoms with Gasteiger partial charge < -0.3 is 14.7 Å². The number of allylic oxidation sites excluding steroid dienone is 1. The van der Waals surface area contributed by atoms with Crippen molar-refractivity contribution in [2.75, 3.05) is 13.2 Å². The average molecular weight is 583 g/mol. The Morgan fingerprint density at radius 2 is 1.95 bits per heavy atom. The summed E-state index contributed by atoms with van der Waals surface area (Å²) >= 11 is 0. The van der Waals surface area contributed by atoms with Crippen LogP contribution in [-0.2, 0) is 21.0 Å². The topological polar surface area (TPSA) is 113 Å². The number of aromatic nitrogens is 1. The van der Waals surface area contributed by atoms with E-state index in [4.69, 9.17) is 9.36 Å². The van der Waals surface area contributed by atoms with Gasteiger partial charge in [-0.2, -0.15) is 5.06 Å². The first-order valence-corrected chi connectivity index (χ1v) is 14.8. The molecule has 1 aromatic carbocycles. The molecule has 3 saturated carbocycles. The van der Waals surface area contributed by atoms with Crippen molar-refractivity contribution in [2.24, 2.45) is 28.6 Å². The highest BCUT2D eigenvalue weighted by Gasteiger charge is 2.79. The fourth-order valence-corrected chi connectivity index (χ4v) is 9.70. The van der Waals surface area contributed by atoms with Crippen LogP contribution in [0.1, 0.15) is 51.6 Å². The highest BCUT2D eigenvalue weighted by atomic mass is 19.1. The molecule has 1 aliphatic heterocycles. The van der Waals surface area contributed by atoms with Gasteiger partial charge in [-0.1, -0.05) is 49.3 Å². The summed E-state index contributed by atoms with van der Waals surface area (Å²) in [4.78, 5) is 32.4. The Balaban J connectivity index is 1.22. The fraction of sp³-hybridized carbons (Fsp3) is 0.594. The smallest absolute Gasteiger partial charge is 0.192 e. The lowest BCUT2D eigenvalue weighted by Gasteiger charge is -2.64. The molecule has 0 amide bonds. The predicted molar refractivity (Wildman–Crippen MR) is 146 cm³/mol. The van der Waals surface area contributed by atoms with Crippen molar-refractivity contribution in [3.63, 3.8) is 0 Å². The van der Waals surface area contributed by atoms with E-state index in [1.807, 2.05) is 43.3 Å². The van der Waals surface area contributed by atoms with E-state index in [1.54, 1.807) is 12.0 Å². The van der Waals surface area contributed by atoms with Gasteiger partial charge in [-0.15, -0.1) is 0 Å². The van der Waals surface area contributed by atoms with Gasteiger partial charge in [-0.05, 0) is 43.3 Å². The van der Waals surface area contributed by atoms with Gasteiger partial charge in [-0.25, -0.2) is 8.78 Å². The summed E-state index contributed by atoms with van der Waals surface area (Å²) in [6.07, 6.45) is -1.43. The van der Waals surface area contributed by atoms with Gasteiger partial charge in [0.2, 0.25) is 0 Å². The lowest BCUT2D eigenvalue weighted by molar-refractivity contribution is -0.273. The maximum absolute atomic E-state index is 17.6. The number of nitrogens with zero attached hydrogens (tertiary/aromatic N) is 2. The Kier molecular flexibility index (Phi) is 6.24. The molecule has 8 nitrogen and oxygen atoms in total. The van der Waals surface area contributed by atoms with E-state index < -0.39 is 64.5 Å². The minimum Gasteiger partial charge on any atom is -0.390 e. The van der Waals surface area contributed by atoms with E-state index >= 15 is 8.78 Å². The number of carbonyl (C=O) groups excluding carboxylic acids is 2. The normalized spacial score (nSPS) is 42.9. The molecule has 224 valence electrons. The molecule has 42 heavy (non-hydrogen) atoms. The van der Waals surface area contributed by atoms with Crippen LogP contribution < -0.4 is 0 Å². The third-order valence-corrected chi connectivity index (χ3v) is 11.6. The second kappa shape index (κ2) is 9.35. The zero-order chi connectivity index (χ0) is 29.7. The predicted octanol–water partition coefficient (Wildman–Crippen LogP) is 4.16. The molecule has 2 aromatic rings. The van der Waals surface area contributed by atoms with Crippen molar-refractivity contribution in [1.29, 1.82) is 0 Å². The Morgan fingerprint density at radius 1 is 1.19 bits per heavy atom. The number of alkyl halides is 2. The summed E-state index contributed by atoms with van der Waals surface area (Å²) in [6.45, 7) is 3.24. The molecule has 1 saturated heterocycles. The molecule has 7 rings (SSSR count). The van der Waals surface area contributed by atoms with E-state index in [0.29, 0.717) is 24.4 Å². The standard InChI is InChI=1S/C32H36F2N2O6/c1-29-9-8-21(38)12-24(29)25(33)13-23-22-10-19-15-36(16-20-11-26(41-35-20)18-6-4-3-5-7-18)42-32(19,28(40)17-37)30(22,2)14-27(39)31(23,29)34/h3-7,11-12,19,22-23,25,27,37,39H,8-10,13-17H2,1-2H3/t19-,22-,23-,25-,27-,29-,30-,31-,32-/m0/s1. The first-order valence-electron chi connectivity index (χ1n) is 14.8. The summed E-state index contributed by atoms with van der Waals surface area (Å²) in [7, 11) is 0. The molecule has 0 spiro atoms. The molecule has 2 heterocycles. The second-order valence-corrected chi connectivity index (χ2v) is 13.4. The van der Waals surface area contributed by atoms with Crippen LogP contribution in [0.15, 0.2) is 52.6 Å². The molecule has 9 atom stereocenters. The number of hydrogen-bond acceptors (Lipinski definition) is 8. The monoisotopic (exact) mass is 582 g/mol. The Hall–Kier alpha value is -2.79. The molecule has 4 fully saturated rings. The fourth-order valence-electron chi connectivity index (χ4n) is 9.70. The van der Waals surface area contributed by atoms with Gasteiger partial charge in [0.1, 0.15) is 24.1 Å². The van der Waals surface area contributed by atoms with Crippen LogP contribution >= 0.6 is 0 Å². The van der Waals surface area contributed by atoms with Crippen molar-refractivity contribution in [3.05, 3.63) is 53.7 Å². The van der Waals surface area contributed by atoms with Gasteiger partial charge in [0.15, 0.2) is 22.9 Å². The molecule has 0 bridgehead atoms. The molecule has 2 N–H and O–H groups in total. The minimum atomic E-state index is -2.16. The lowest BCUT2D eigenvalue weighted by atomic mass is 9.43. The van der Waals surface area contributed by atoms with Crippen molar-refractivity contribution in [1.82, 2.24) is 10.2 Å². The number of halogens is 2. The van der Waals surface area contributed by atoms with Crippen LogP contribution in [-0.4, -0.2) is 68.7 Å². The number of carbonyl (C=O) groups is 2. The maximum Gasteiger partial charge on any atom is 0.192 e. The molecule has 0 unspecified atom stereocenters. The first-order chi connectivity index (χ1) is 20.0. The summed E-state index contributed by atoms with van der Waals surface area (Å²) < 4.78 is 38.9. The lowest BCUT2D eigenvalue weighted by Crippen LogP contribution is -2.71. The number of aliphatic hydroxyl groups is 2. The largest absolute Gasteiger partial charge is 0.390 e. The van der Waals surface area contributed by atoms with E-state index in [1.165, 1.54) is 6.08 Å². The Morgan fingerprint density at radius 3 is 2.69 bits per heavy atom. The highest BCUT2D eigenvalue weighted by molar-refractivity contribution is 5.92. The number of ketones is 2. The highest BCUT2D eigenvalue weighted by Crippen LogP contribution is 2.73. The molecular weight excluding hydrogens is 546 g/mol. The number of hydrogen-bond donors (Lipinski definition) is 2. The molecule has 4 aliphatic carbocycles. The van der Waals surface area contributed by atoms with Gasteiger partial charge in [-0.3, -0.25) is 14.4 Å². The van der Waals surface area contributed by atoms with Crippen molar-refractivity contribution < 1.29 is 37.9 Å². The van der Waals surface area contributed by atoms with E-state index in [-0.39, 0.29) is 43.6 Å². The van der Waals surface area contributed by atoms with Gasteiger partial charge in [0, 0.05) is 47.3 Å². The van der Waals surface area contributed by atoms with Crippen LogP contribution in [0.3, 0.4) is 0 Å². The number of benzene rings is 1. The van der Waals surface area contributed by atoms with Gasteiger partial charge >= 0.3 is 0 Å². The van der Waals surface area contributed by atoms with E-state index in [0.717, 1.165) is 5.56 Å². The summed E-state index contributed by atoms with van der Waals surface area (Å²) in [6, 6.07) is 11.3. The molecular formula is C32H36F2N2O6. The van der Waals surface area contributed by atoms with Crippen LogP contribution in [0.25, 0.3) is 11.3 Å². The van der Waals surface area contributed by atoms with Crippen LogP contribution in [0.2, 0.25) is 0 Å². The summed E-state index contributed by atoms with van der Waals surface area (Å²) in [5.74, 6) is -1.91. The minimum absolute atomic E-state index is 0.0867. The zero-order valence-electron chi connectivity index (χ0n) is 23.8. The number of hydroxylamine groups is 2. The Bertz CT molecular complexity index is 1460. The van der Waals surface area contributed by atoms with E-state index in [9.17, 15) is 19.8 Å². The maximum atomic E-state index is 17.6. The number of rotatable bonds is 5. The van der Waals surface area contributed by atoms with Crippen LogP contribution in [0.5, 0.6) is 0 Å². The molecule has 0 radical (unpaired) electrons. The van der Waals surface area contributed by atoms with Crippen molar-refractivity contribution in [2.45, 2.75) is 76.0 Å². The number of Topliss-reactive ketones (excluding diaryl/α,β-unsaturated/α-hetero) is 1. The third kappa shape index (κ3) is 3.49. The summed E-state index contributed by atoms with van der Waals surface area (Å²) in [5, 5.41) is 27.6. The second-order valence-electron chi connectivity index (χ2n) is 13.4. The SMILES string of the molecule is C[C@]12CCC(=O)C=C1[C@@H](F)C[C@H]1[C@@H]3C[C@H]4CN(Cc5cc(-c6ccccc6)on5)O[C@@]4(C(=O)CO)[C@@]3(C)C[C@H](O)[C@@]12F.